The molecule has 0 radical (unpaired) electrons. The van der Waals surface area contributed by atoms with Gasteiger partial charge < -0.3 is 9.84 Å². The van der Waals surface area contributed by atoms with Gasteiger partial charge in [0, 0.05) is 6.08 Å². The molecule has 0 spiro atoms. The van der Waals surface area contributed by atoms with Crippen molar-refractivity contribution in [3.05, 3.63) is 24.3 Å². The van der Waals surface area contributed by atoms with Crippen molar-refractivity contribution in [3.63, 3.8) is 0 Å². The topological polar surface area (TPSA) is 46.5 Å². The van der Waals surface area contributed by atoms with Crippen molar-refractivity contribution in [2.75, 3.05) is 0 Å². The zero-order valence-electron chi connectivity index (χ0n) is 6.65. The fourth-order valence-electron chi connectivity index (χ4n) is 0.453. The molecular formula is C8H13KO3. The second-order valence-electron chi connectivity index (χ2n) is 1.92. The molecule has 64 valence electrons. The molecule has 12 heavy (non-hydrogen) atoms. The standard InChI is InChI=1S/C8H12O3.K.H/c1-3-4-5-6-8(10)11-7(2)9;;/h3-7,9H,1-2H3;;/b4-3+,6-5+;;. The van der Waals surface area contributed by atoms with Crippen LogP contribution in [0, 0.1) is 0 Å². The molecule has 0 aliphatic rings. The van der Waals surface area contributed by atoms with Crippen LogP contribution in [0.15, 0.2) is 24.3 Å². The molecule has 0 heterocycles. The molecule has 0 saturated carbocycles. The van der Waals surface area contributed by atoms with Gasteiger partial charge in [-0.05, 0) is 13.8 Å². The summed E-state index contributed by atoms with van der Waals surface area (Å²) in [6.07, 6.45) is 5.23. The van der Waals surface area contributed by atoms with E-state index in [0.717, 1.165) is 0 Å². The fourth-order valence-corrected chi connectivity index (χ4v) is 0.453. The van der Waals surface area contributed by atoms with Crippen molar-refractivity contribution in [3.8, 4) is 0 Å². The van der Waals surface area contributed by atoms with Gasteiger partial charge in [0.25, 0.3) is 0 Å². The Hall–Kier alpha value is 0.546. The first-order valence-electron chi connectivity index (χ1n) is 3.35. The number of carbonyl (C=O) groups excluding carboxylic acids is 1. The molecule has 0 rings (SSSR count). The molecule has 0 fully saturated rings. The number of ether oxygens (including phenoxy) is 1. The molecule has 0 saturated heterocycles. The van der Waals surface area contributed by atoms with Crippen molar-refractivity contribution in [2.24, 2.45) is 0 Å². The SMILES string of the molecule is C/C=C/C=C/C(=O)OC(C)O.[KH]. The van der Waals surface area contributed by atoms with Crippen LogP contribution >= 0.6 is 0 Å². The number of rotatable bonds is 3. The van der Waals surface area contributed by atoms with E-state index in [1.165, 1.54) is 13.0 Å². The number of hydrogen-bond donors (Lipinski definition) is 1. The summed E-state index contributed by atoms with van der Waals surface area (Å²) in [5, 5.41) is 8.58. The summed E-state index contributed by atoms with van der Waals surface area (Å²) in [5.74, 6) is -0.543. The Morgan fingerprint density at radius 2 is 2.08 bits per heavy atom. The van der Waals surface area contributed by atoms with E-state index in [9.17, 15) is 4.79 Å². The first-order valence-corrected chi connectivity index (χ1v) is 3.35. The molecule has 0 aromatic rings. The first-order chi connectivity index (χ1) is 5.16. The quantitative estimate of drug-likeness (QED) is 0.233. The van der Waals surface area contributed by atoms with Crippen LogP contribution < -0.4 is 0 Å². The van der Waals surface area contributed by atoms with Gasteiger partial charge in [-0.1, -0.05) is 18.2 Å². The predicted molar refractivity (Wildman–Crippen MR) is 48.9 cm³/mol. The zero-order chi connectivity index (χ0) is 8.69. The molecule has 0 aromatic carbocycles. The molecular weight excluding hydrogens is 183 g/mol. The van der Waals surface area contributed by atoms with Gasteiger partial charge in [-0.15, -0.1) is 0 Å². The van der Waals surface area contributed by atoms with Crippen LogP contribution in [0.25, 0.3) is 0 Å². The Morgan fingerprint density at radius 3 is 2.50 bits per heavy atom. The minimum absolute atomic E-state index is 0. The van der Waals surface area contributed by atoms with Gasteiger partial charge in [0.2, 0.25) is 0 Å². The summed E-state index contributed by atoms with van der Waals surface area (Å²) in [6.45, 7) is 3.21. The maximum atomic E-state index is 10.6. The zero-order valence-corrected chi connectivity index (χ0v) is 6.65. The van der Waals surface area contributed by atoms with Crippen molar-refractivity contribution in [1.29, 1.82) is 0 Å². The normalized spacial score (nSPS) is 12.9. The van der Waals surface area contributed by atoms with Gasteiger partial charge in [-0.3, -0.25) is 0 Å². The average Bonchev–Trinajstić information content (AvgIpc) is 1.86. The third-order valence-electron chi connectivity index (χ3n) is 0.823. The van der Waals surface area contributed by atoms with E-state index in [4.69, 9.17) is 5.11 Å². The van der Waals surface area contributed by atoms with Crippen LogP contribution in [0.4, 0.5) is 0 Å². The van der Waals surface area contributed by atoms with Gasteiger partial charge in [-0.25, -0.2) is 4.79 Å². The van der Waals surface area contributed by atoms with E-state index in [-0.39, 0.29) is 51.4 Å². The number of aliphatic hydroxyl groups is 1. The van der Waals surface area contributed by atoms with Crippen LogP contribution in [0.1, 0.15) is 13.8 Å². The van der Waals surface area contributed by atoms with E-state index in [1.54, 1.807) is 18.2 Å². The Morgan fingerprint density at radius 1 is 1.50 bits per heavy atom. The van der Waals surface area contributed by atoms with E-state index in [2.05, 4.69) is 4.74 Å². The molecule has 1 atom stereocenters. The average molecular weight is 196 g/mol. The summed E-state index contributed by atoms with van der Waals surface area (Å²) in [7, 11) is 0. The summed E-state index contributed by atoms with van der Waals surface area (Å²) in [4.78, 5) is 10.6. The van der Waals surface area contributed by atoms with E-state index in [0.29, 0.717) is 0 Å². The van der Waals surface area contributed by atoms with E-state index in [1.807, 2.05) is 6.92 Å². The Bertz CT molecular complexity index is 173. The Balaban J connectivity index is 0. The molecule has 0 aliphatic heterocycles. The van der Waals surface area contributed by atoms with Crippen molar-refractivity contribution in [1.82, 2.24) is 0 Å². The van der Waals surface area contributed by atoms with Crippen molar-refractivity contribution < 1.29 is 14.6 Å². The number of carbonyl (C=O) groups is 1. The molecule has 3 nitrogen and oxygen atoms in total. The summed E-state index contributed by atoms with van der Waals surface area (Å²) >= 11 is 0. The summed E-state index contributed by atoms with van der Waals surface area (Å²) in [6, 6.07) is 0. The van der Waals surface area contributed by atoms with Crippen molar-refractivity contribution >= 4 is 57.4 Å². The molecule has 1 N–H and O–H groups in total. The van der Waals surface area contributed by atoms with Crippen LogP contribution in [-0.4, -0.2) is 68.8 Å². The number of esters is 1. The van der Waals surface area contributed by atoms with Gasteiger partial charge in [-0.2, -0.15) is 0 Å². The van der Waals surface area contributed by atoms with Crippen LogP contribution in [0.2, 0.25) is 0 Å². The predicted octanol–water partition coefficient (Wildman–Crippen LogP) is 0.352. The van der Waals surface area contributed by atoms with Gasteiger partial charge >= 0.3 is 57.4 Å². The van der Waals surface area contributed by atoms with Crippen LogP contribution in [-0.2, 0) is 9.53 Å². The fraction of sp³-hybridized carbons (Fsp3) is 0.375. The first kappa shape index (κ1) is 15.0. The molecule has 0 amide bonds. The maximum absolute atomic E-state index is 10.6. The number of hydrogen-bond acceptors (Lipinski definition) is 3. The number of allylic oxidation sites excluding steroid dienone is 3. The minimum atomic E-state index is -1.04. The molecule has 4 heteroatoms. The van der Waals surface area contributed by atoms with Crippen LogP contribution in [0.3, 0.4) is 0 Å². The second-order valence-corrected chi connectivity index (χ2v) is 1.92. The molecule has 0 bridgehead atoms. The summed E-state index contributed by atoms with van der Waals surface area (Å²) < 4.78 is 4.39. The monoisotopic (exact) mass is 196 g/mol. The van der Waals surface area contributed by atoms with Crippen molar-refractivity contribution in [2.45, 2.75) is 20.1 Å². The molecule has 0 aromatic heterocycles. The molecule has 0 aliphatic carbocycles. The third kappa shape index (κ3) is 10.5. The van der Waals surface area contributed by atoms with Gasteiger partial charge in [0.1, 0.15) is 0 Å². The third-order valence-corrected chi connectivity index (χ3v) is 0.823. The van der Waals surface area contributed by atoms with E-state index < -0.39 is 12.3 Å². The Kier molecular flexibility index (Phi) is 12.1. The Labute approximate surface area is 115 Å². The van der Waals surface area contributed by atoms with Gasteiger partial charge in [0.05, 0.1) is 0 Å². The summed E-state index contributed by atoms with van der Waals surface area (Å²) in [5.41, 5.74) is 0. The van der Waals surface area contributed by atoms with Gasteiger partial charge in [0.15, 0.2) is 6.29 Å². The second kappa shape index (κ2) is 9.63. The molecule has 1 unspecified atom stereocenters. The number of aliphatic hydroxyl groups excluding tert-OH is 1. The van der Waals surface area contributed by atoms with E-state index >= 15 is 0 Å². The van der Waals surface area contributed by atoms with Crippen LogP contribution in [0.5, 0.6) is 0 Å².